The number of methoxy groups -OCH3 is 1. The molecule has 1 fully saturated rings. The van der Waals surface area contributed by atoms with E-state index in [0.717, 1.165) is 0 Å². The second-order valence-corrected chi connectivity index (χ2v) is 5.23. The Kier molecular flexibility index (Phi) is 5.78. The van der Waals surface area contributed by atoms with Gasteiger partial charge in [-0.2, -0.15) is 0 Å². The molecule has 8 nitrogen and oxygen atoms in total. The summed E-state index contributed by atoms with van der Waals surface area (Å²) in [7, 11) is 1.54. The number of aliphatic hydroxyl groups excluding tert-OH is 3. The Morgan fingerprint density at radius 2 is 1.83 bits per heavy atom. The molecule has 1 aliphatic rings. The third-order valence-electron chi connectivity index (χ3n) is 3.56. The van der Waals surface area contributed by atoms with Crippen LogP contribution in [0.25, 0.3) is 0 Å². The quantitative estimate of drug-likeness (QED) is 0.549. The van der Waals surface area contributed by atoms with Gasteiger partial charge in [-0.05, 0) is 24.3 Å². The maximum absolute atomic E-state index is 11.3. The molecule has 23 heavy (non-hydrogen) atoms. The number of carbonyl (C=O) groups excluding carboxylic acids is 1. The van der Waals surface area contributed by atoms with Crippen LogP contribution in [0.2, 0.25) is 0 Å². The van der Waals surface area contributed by atoms with E-state index in [1.54, 1.807) is 24.3 Å². The zero-order valence-corrected chi connectivity index (χ0v) is 12.9. The summed E-state index contributed by atoms with van der Waals surface area (Å²) in [4.78, 5) is 11.3. The highest BCUT2D eigenvalue weighted by Crippen LogP contribution is 2.25. The number of aliphatic hydroxyl groups is 3. The number of nitrogens with one attached hydrogen (secondary N) is 1. The van der Waals surface area contributed by atoms with Crippen molar-refractivity contribution < 1.29 is 34.3 Å². The summed E-state index contributed by atoms with van der Waals surface area (Å²) in [6.45, 7) is 0.787. The van der Waals surface area contributed by atoms with Gasteiger partial charge in [0.25, 0.3) is 0 Å². The van der Waals surface area contributed by atoms with Gasteiger partial charge in [-0.1, -0.05) is 0 Å². The smallest absolute Gasteiger partial charge is 0.223 e. The molecule has 1 aliphatic heterocycles. The van der Waals surface area contributed by atoms with E-state index in [0.29, 0.717) is 11.5 Å². The van der Waals surface area contributed by atoms with Crippen LogP contribution in [0.3, 0.4) is 0 Å². The lowest BCUT2D eigenvalue weighted by atomic mass is 9.97. The highest BCUT2D eigenvalue weighted by atomic mass is 16.7. The first-order valence-electron chi connectivity index (χ1n) is 7.16. The number of hydrogen-bond donors (Lipinski definition) is 4. The maximum atomic E-state index is 11.3. The second-order valence-electron chi connectivity index (χ2n) is 5.23. The van der Waals surface area contributed by atoms with Gasteiger partial charge < -0.3 is 34.8 Å². The van der Waals surface area contributed by atoms with Crippen molar-refractivity contribution in [1.82, 2.24) is 5.32 Å². The van der Waals surface area contributed by atoms with Gasteiger partial charge in [-0.3, -0.25) is 4.79 Å². The predicted molar refractivity (Wildman–Crippen MR) is 79.0 cm³/mol. The van der Waals surface area contributed by atoms with Crippen molar-refractivity contribution in [2.24, 2.45) is 0 Å². The molecule has 1 aromatic rings. The Morgan fingerprint density at radius 1 is 1.22 bits per heavy atom. The summed E-state index contributed by atoms with van der Waals surface area (Å²) in [5.41, 5.74) is 0. The number of hydrogen-bond acceptors (Lipinski definition) is 7. The van der Waals surface area contributed by atoms with Crippen molar-refractivity contribution >= 4 is 5.91 Å². The first-order valence-corrected chi connectivity index (χ1v) is 7.16. The van der Waals surface area contributed by atoms with E-state index in [1.165, 1.54) is 14.0 Å². The van der Waals surface area contributed by atoms with Gasteiger partial charge in [0.2, 0.25) is 12.2 Å². The minimum Gasteiger partial charge on any atom is -0.497 e. The fourth-order valence-electron chi connectivity index (χ4n) is 2.36. The van der Waals surface area contributed by atoms with E-state index in [1.807, 2.05) is 0 Å². The topological polar surface area (TPSA) is 117 Å². The molecule has 0 aliphatic carbocycles. The number of carbonyl (C=O) groups is 1. The Balaban J connectivity index is 2.17. The molecule has 128 valence electrons. The van der Waals surface area contributed by atoms with Gasteiger partial charge in [0, 0.05) is 6.92 Å². The molecule has 2 rings (SSSR count). The fourth-order valence-corrected chi connectivity index (χ4v) is 2.36. The Labute approximate surface area is 133 Å². The van der Waals surface area contributed by atoms with Crippen molar-refractivity contribution in [2.45, 2.75) is 37.6 Å². The minimum atomic E-state index is -1.34. The first kappa shape index (κ1) is 17.5. The third-order valence-corrected chi connectivity index (χ3v) is 3.56. The Bertz CT molecular complexity index is 521. The summed E-state index contributed by atoms with van der Waals surface area (Å²) in [6.07, 6.45) is -4.76. The van der Waals surface area contributed by atoms with Crippen molar-refractivity contribution in [2.75, 3.05) is 13.7 Å². The molecule has 1 saturated heterocycles. The van der Waals surface area contributed by atoms with Crippen molar-refractivity contribution in [3.8, 4) is 11.5 Å². The molecular formula is C15H21NO7. The molecule has 4 N–H and O–H groups in total. The van der Waals surface area contributed by atoms with Crippen LogP contribution >= 0.6 is 0 Å². The van der Waals surface area contributed by atoms with Gasteiger partial charge in [0.05, 0.1) is 13.7 Å². The molecule has 0 bridgehead atoms. The summed E-state index contributed by atoms with van der Waals surface area (Å²) < 4.78 is 16.2. The predicted octanol–water partition coefficient (Wildman–Crippen LogP) is -0.982. The average Bonchev–Trinajstić information content (AvgIpc) is 2.54. The molecule has 0 saturated carbocycles. The monoisotopic (exact) mass is 327 g/mol. The minimum absolute atomic E-state index is 0.407. The van der Waals surface area contributed by atoms with Gasteiger partial charge >= 0.3 is 0 Å². The molecule has 1 amide bonds. The lowest BCUT2D eigenvalue weighted by molar-refractivity contribution is -0.244. The van der Waals surface area contributed by atoms with Crippen LogP contribution in [0.5, 0.6) is 11.5 Å². The van der Waals surface area contributed by atoms with Crippen molar-refractivity contribution in [1.29, 1.82) is 0 Å². The van der Waals surface area contributed by atoms with E-state index < -0.39 is 43.2 Å². The summed E-state index contributed by atoms with van der Waals surface area (Å²) >= 11 is 0. The molecule has 0 spiro atoms. The number of rotatable bonds is 5. The molecule has 0 unspecified atom stereocenters. The van der Waals surface area contributed by atoms with Crippen LogP contribution in [0.1, 0.15) is 6.92 Å². The van der Waals surface area contributed by atoms with Gasteiger partial charge in [-0.15, -0.1) is 0 Å². The van der Waals surface area contributed by atoms with Crippen LogP contribution in [0.15, 0.2) is 24.3 Å². The van der Waals surface area contributed by atoms with Crippen LogP contribution in [-0.2, 0) is 9.53 Å². The van der Waals surface area contributed by atoms with E-state index in [2.05, 4.69) is 5.32 Å². The molecule has 1 aromatic carbocycles. The maximum Gasteiger partial charge on any atom is 0.223 e. The normalized spacial score (nSPS) is 30.6. The molecule has 8 heteroatoms. The molecule has 1 heterocycles. The van der Waals surface area contributed by atoms with Gasteiger partial charge in [0.15, 0.2) is 0 Å². The molecular weight excluding hydrogens is 306 g/mol. The van der Waals surface area contributed by atoms with E-state index in [4.69, 9.17) is 14.2 Å². The zero-order chi connectivity index (χ0) is 17.0. The van der Waals surface area contributed by atoms with Gasteiger partial charge in [-0.25, -0.2) is 0 Å². The van der Waals surface area contributed by atoms with Crippen LogP contribution in [-0.4, -0.2) is 65.6 Å². The molecule has 0 radical (unpaired) electrons. The standard InChI is InChI=1S/C15H21NO7/c1-8(18)16-12-14(20)13(19)11(7-17)23-15(12)22-10-5-3-9(21-2)4-6-10/h3-6,11-15,17,19-20H,7H2,1-2H3,(H,16,18)/t11-,12-,13+,14-,15-/m0/s1. The van der Waals surface area contributed by atoms with Crippen LogP contribution in [0, 0.1) is 0 Å². The van der Waals surface area contributed by atoms with Crippen molar-refractivity contribution in [3.63, 3.8) is 0 Å². The summed E-state index contributed by atoms with van der Waals surface area (Å²) in [5.74, 6) is 0.658. The molecule has 5 atom stereocenters. The Morgan fingerprint density at radius 3 is 2.35 bits per heavy atom. The average molecular weight is 327 g/mol. The summed E-state index contributed by atoms with van der Waals surface area (Å²) in [6, 6.07) is 5.66. The van der Waals surface area contributed by atoms with E-state index in [-0.39, 0.29) is 0 Å². The van der Waals surface area contributed by atoms with Crippen LogP contribution < -0.4 is 14.8 Å². The van der Waals surface area contributed by atoms with E-state index >= 15 is 0 Å². The van der Waals surface area contributed by atoms with Crippen molar-refractivity contribution in [3.05, 3.63) is 24.3 Å². The third kappa shape index (κ3) is 4.11. The SMILES string of the molecule is COc1ccc(O[C@H]2O[C@@H](CO)[C@@H](O)[C@@H](O)[C@@H]2NC(C)=O)cc1. The lowest BCUT2D eigenvalue weighted by Gasteiger charge is -2.42. The number of amides is 1. The highest BCUT2D eigenvalue weighted by Gasteiger charge is 2.46. The van der Waals surface area contributed by atoms with E-state index in [9.17, 15) is 20.1 Å². The second kappa shape index (κ2) is 7.60. The Hall–Kier alpha value is -1.87. The largest absolute Gasteiger partial charge is 0.497 e. The lowest BCUT2D eigenvalue weighted by Crippen LogP contribution is -2.65. The van der Waals surface area contributed by atoms with Crippen LogP contribution in [0.4, 0.5) is 0 Å². The number of benzene rings is 1. The molecule has 0 aromatic heterocycles. The summed E-state index contributed by atoms with van der Waals surface area (Å²) in [5, 5.41) is 31.8. The number of ether oxygens (including phenoxy) is 3. The van der Waals surface area contributed by atoms with Gasteiger partial charge in [0.1, 0.15) is 35.9 Å². The first-order chi connectivity index (χ1) is 11.0. The highest BCUT2D eigenvalue weighted by molar-refractivity contribution is 5.73. The fraction of sp³-hybridized carbons (Fsp3) is 0.533. The zero-order valence-electron chi connectivity index (χ0n) is 12.9.